The number of pyridine rings is 1. The minimum Gasteiger partial charge on any atom is -0.457 e. The first-order valence-electron chi connectivity index (χ1n) is 10.2. The summed E-state index contributed by atoms with van der Waals surface area (Å²) in [5, 5.41) is 2.93. The number of ether oxygens (including phenoxy) is 2. The number of carbonyl (C=O) groups excluding carboxylic acids is 1. The molecule has 3 rings (SSSR count). The molecule has 156 valence electrons. The molecule has 1 N–H and O–H groups in total. The van der Waals surface area contributed by atoms with E-state index in [0.29, 0.717) is 29.3 Å². The summed E-state index contributed by atoms with van der Waals surface area (Å²) in [6, 6.07) is 18.9. The number of carbonyl (C=O) groups is 1. The Morgan fingerprint density at radius 2 is 1.77 bits per heavy atom. The van der Waals surface area contributed by atoms with Crippen LogP contribution in [0.4, 0.5) is 5.69 Å². The topological polar surface area (TPSA) is 60.5 Å². The molecular formula is C25H28N2O3. The van der Waals surface area contributed by atoms with Crippen molar-refractivity contribution in [2.45, 2.75) is 40.2 Å². The first-order chi connectivity index (χ1) is 14.4. The molecule has 0 saturated carbocycles. The number of amides is 1. The summed E-state index contributed by atoms with van der Waals surface area (Å²) in [7, 11) is 0. The number of rotatable bonds is 8. The molecule has 1 aromatic heterocycles. The van der Waals surface area contributed by atoms with Crippen LogP contribution < -0.4 is 10.1 Å². The standard InChI is InChI=1S/C25H28N2O3/c1-5-29-18(3)15-21-12-13-24(19(4)26-21)25(28)27-20-9-7-11-23(16-20)30-22-10-6-8-17(2)14-22/h6-14,16,18H,5,15H2,1-4H3,(H,27,28). The first-order valence-corrected chi connectivity index (χ1v) is 10.2. The number of nitrogens with zero attached hydrogens (tertiary/aromatic N) is 1. The second-order valence-electron chi connectivity index (χ2n) is 7.31. The van der Waals surface area contributed by atoms with Crippen molar-refractivity contribution in [1.82, 2.24) is 4.98 Å². The van der Waals surface area contributed by atoms with Gasteiger partial charge in [0.15, 0.2) is 0 Å². The normalized spacial score (nSPS) is 11.7. The van der Waals surface area contributed by atoms with E-state index in [-0.39, 0.29) is 12.0 Å². The van der Waals surface area contributed by atoms with Crippen LogP contribution in [0.15, 0.2) is 60.7 Å². The third-order valence-electron chi connectivity index (χ3n) is 4.65. The van der Waals surface area contributed by atoms with Gasteiger partial charge in [0.1, 0.15) is 11.5 Å². The van der Waals surface area contributed by atoms with Crippen LogP contribution in [-0.2, 0) is 11.2 Å². The average Bonchev–Trinajstić information content (AvgIpc) is 2.68. The molecule has 0 aliphatic heterocycles. The van der Waals surface area contributed by atoms with E-state index in [4.69, 9.17) is 9.47 Å². The number of benzene rings is 2. The van der Waals surface area contributed by atoms with Gasteiger partial charge in [-0.05, 0) is 69.7 Å². The van der Waals surface area contributed by atoms with Crippen molar-refractivity contribution in [2.24, 2.45) is 0 Å². The number of aryl methyl sites for hydroxylation is 2. The van der Waals surface area contributed by atoms with E-state index >= 15 is 0 Å². The van der Waals surface area contributed by atoms with E-state index in [1.165, 1.54) is 0 Å². The number of aromatic nitrogens is 1. The number of anilines is 1. The van der Waals surface area contributed by atoms with Crippen LogP contribution in [0.25, 0.3) is 0 Å². The van der Waals surface area contributed by atoms with Crippen molar-refractivity contribution >= 4 is 11.6 Å². The lowest BCUT2D eigenvalue weighted by Crippen LogP contribution is -2.16. The Labute approximate surface area is 178 Å². The largest absolute Gasteiger partial charge is 0.457 e. The molecule has 0 radical (unpaired) electrons. The molecule has 0 spiro atoms. The fourth-order valence-electron chi connectivity index (χ4n) is 3.26. The minimum absolute atomic E-state index is 0.0951. The Morgan fingerprint density at radius 3 is 2.47 bits per heavy atom. The predicted molar refractivity (Wildman–Crippen MR) is 119 cm³/mol. The summed E-state index contributed by atoms with van der Waals surface area (Å²) >= 11 is 0. The Morgan fingerprint density at radius 1 is 1.03 bits per heavy atom. The van der Waals surface area contributed by atoms with Crippen molar-refractivity contribution in [3.05, 3.63) is 83.2 Å². The number of nitrogens with one attached hydrogen (secondary N) is 1. The van der Waals surface area contributed by atoms with Gasteiger partial charge < -0.3 is 14.8 Å². The third-order valence-corrected chi connectivity index (χ3v) is 4.65. The van der Waals surface area contributed by atoms with Gasteiger partial charge in [-0.3, -0.25) is 9.78 Å². The van der Waals surface area contributed by atoms with Crippen LogP contribution in [-0.4, -0.2) is 23.6 Å². The van der Waals surface area contributed by atoms with E-state index in [1.54, 1.807) is 6.07 Å². The Kier molecular flexibility index (Phi) is 7.20. The van der Waals surface area contributed by atoms with Crippen LogP contribution in [0.3, 0.4) is 0 Å². The summed E-state index contributed by atoms with van der Waals surface area (Å²) in [5.41, 5.74) is 3.95. The van der Waals surface area contributed by atoms with Gasteiger partial charge in [0.25, 0.3) is 5.91 Å². The molecular weight excluding hydrogens is 376 g/mol. The van der Waals surface area contributed by atoms with Gasteiger partial charge in [-0.15, -0.1) is 0 Å². The van der Waals surface area contributed by atoms with Gasteiger partial charge in [-0.25, -0.2) is 0 Å². The SMILES string of the molecule is CCOC(C)Cc1ccc(C(=O)Nc2cccc(Oc3cccc(C)c3)c2)c(C)n1. The van der Waals surface area contributed by atoms with Gasteiger partial charge >= 0.3 is 0 Å². The lowest BCUT2D eigenvalue weighted by Gasteiger charge is -2.13. The van der Waals surface area contributed by atoms with E-state index < -0.39 is 0 Å². The maximum atomic E-state index is 12.8. The zero-order chi connectivity index (χ0) is 21.5. The number of hydrogen-bond donors (Lipinski definition) is 1. The molecule has 5 nitrogen and oxygen atoms in total. The molecule has 30 heavy (non-hydrogen) atoms. The molecule has 1 unspecified atom stereocenters. The average molecular weight is 405 g/mol. The molecule has 2 aromatic carbocycles. The molecule has 0 bridgehead atoms. The highest BCUT2D eigenvalue weighted by molar-refractivity contribution is 6.05. The molecule has 5 heteroatoms. The molecule has 1 heterocycles. The third kappa shape index (κ3) is 5.91. The second-order valence-corrected chi connectivity index (χ2v) is 7.31. The van der Waals surface area contributed by atoms with Gasteiger partial charge in [0.05, 0.1) is 17.4 Å². The smallest absolute Gasteiger partial charge is 0.257 e. The molecule has 1 atom stereocenters. The maximum Gasteiger partial charge on any atom is 0.257 e. The zero-order valence-corrected chi connectivity index (χ0v) is 17.9. The summed E-state index contributed by atoms with van der Waals surface area (Å²) in [5.74, 6) is 1.22. The molecule has 3 aromatic rings. The molecule has 0 aliphatic carbocycles. The summed E-state index contributed by atoms with van der Waals surface area (Å²) in [4.78, 5) is 17.3. The van der Waals surface area contributed by atoms with Gasteiger partial charge in [0, 0.05) is 30.5 Å². The van der Waals surface area contributed by atoms with Crippen molar-refractivity contribution in [3.8, 4) is 11.5 Å². The van der Waals surface area contributed by atoms with E-state index in [2.05, 4.69) is 10.3 Å². The Balaban J connectivity index is 1.68. The molecule has 0 saturated heterocycles. The van der Waals surface area contributed by atoms with Crippen molar-refractivity contribution < 1.29 is 14.3 Å². The lowest BCUT2D eigenvalue weighted by atomic mass is 10.1. The van der Waals surface area contributed by atoms with Crippen LogP contribution in [0, 0.1) is 13.8 Å². The summed E-state index contributed by atoms with van der Waals surface area (Å²) in [6.07, 6.45) is 0.812. The Hall–Kier alpha value is -3.18. The Bertz CT molecular complexity index is 1020. The first kappa shape index (κ1) is 21.5. The van der Waals surface area contributed by atoms with E-state index in [0.717, 1.165) is 23.4 Å². The van der Waals surface area contributed by atoms with Gasteiger partial charge in [-0.1, -0.05) is 18.2 Å². The highest BCUT2D eigenvalue weighted by Gasteiger charge is 2.13. The summed E-state index contributed by atoms with van der Waals surface area (Å²) < 4.78 is 11.5. The van der Waals surface area contributed by atoms with Crippen molar-refractivity contribution in [2.75, 3.05) is 11.9 Å². The fourth-order valence-corrected chi connectivity index (χ4v) is 3.26. The minimum atomic E-state index is -0.197. The lowest BCUT2D eigenvalue weighted by molar-refractivity contribution is 0.0761. The van der Waals surface area contributed by atoms with Crippen LogP contribution in [0.2, 0.25) is 0 Å². The van der Waals surface area contributed by atoms with Gasteiger partial charge in [0.2, 0.25) is 0 Å². The van der Waals surface area contributed by atoms with Crippen LogP contribution in [0.5, 0.6) is 11.5 Å². The van der Waals surface area contributed by atoms with Crippen LogP contribution in [0.1, 0.15) is 41.2 Å². The second kappa shape index (κ2) is 10.0. The predicted octanol–water partition coefficient (Wildman–Crippen LogP) is 5.71. The van der Waals surface area contributed by atoms with Crippen LogP contribution >= 0.6 is 0 Å². The quantitative estimate of drug-likeness (QED) is 0.522. The highest BCUT2D eigenvalue weighted by Crippen LogP contribution is 2.25. The van der Waals surface area contributed by atoms with Crippen molar-refractivity contribution in [3.63, 3.8) is 0 Å². The van der Waals surface area contributed by atoms with E-state index in [1.807, 2.05) is 82.3 Å². The molecule has 0 fully saturated rings. The number of hydrogen-bond acceptors (Lipinski definition) is 4. The van der Waals surface area contributed by atoms with Gasteiger partial charge in [-0.2, -0.15) is 0 Å². The van der Waals surface area contributed by atoms with E-state index in [9.17, 15) is 4.79 Å². The fraction of sp³-hybridized carbons (Fsp3) is 0.280. The monoisotopic (exact) mass is 404 g/mol. The maximum absolute atomic E-state index is 12.8. The molecule has 0 aliphatic rings. The molecule has 1 amide bonds. The zero-order valence-electron chi connectivity index (χ0n) is 17.9. The highest BCUT2D eigenvalue weighted by atomic mass is 16.5. The van der Waals surface area contributed by atoms with Crippen molar-refractivity contribution in [1.29, 1.82) is 0 Å². The summed E-state index contributed by atoms with van der Waals surface area (Å²) in [6.45, 7) is 8.54.